The second-order valence-corrected chi connectivity index (χ2v) is 4.36. The predicted octanol–water partition coefficient (Wildman–Crippen LogP) is 1.66. The molecule has 1 rings (SSSR count). The van der Waals surface area contributed by atoms with Crippen LogP contribution in [0.2, 0.25) is 0 Å². The SMILES string of the molecule is CCC(C)CNC(=O)c1cc(NN)ccc1[N+](=O)[O-]. The van der Waals surface area contributed by atoms with Gasteiger partial charge in [0.15, 0.2) is 0 Å². The first-order chi connectivity index (χ1) is 8.99. The molecule has 0 aromatic heterocycles. The maximum atomic E-state index is 12.0. The lowest BCUT2D eigenvalue weighted by Crippen LogP contribution is -2.28. The van der Waals surface area contributed by atoms with E-state index in [0.29, 0.717) is 18.2 Å². The number of amides is 1. The summed E-state index contributed by atoms with van der Waals surface area (Å²) >= 11 is 0. The summed E-state index contributed by atoms with van der Waals surface area (Å²) in [6.45, 7) is 4.48. The Bertz CT molecular complexity index is 476. The highest BCUT2D eigenvalue weighted by molar-refractivity contribution is 5.99. The van der Waals surface area contributed by atoms with Gasteiger partial charge in [-0.2, -0.15) is 0 Å². The van der Waals surface area contributed by atoms with E-state index in [1.54, 1.807) is 0 Å². The highest BCUT2D eigenvalue weighted by Gasteiger charge is 2.20. The van der Waals surface area contributed by atoms with Gasteiger partial charge in [0.25, 0.3) is 11.6 Å². The molecular formula is C12H18N4O3. The molecule has 0 fully saturated rings. The van der Waals surface area contributed by atoms with E-state index in [1.165, 1.54) is 18.2 Å². The normalized spacial score (nSPS) is 11.7. The fourth-order valence-corrected chi connectivity index (χ4v) is 1.47. The monoisotopic (exact) mass is 266 g/mol. The van der Waals surface area contributed by atoms with Crippen molar-refractivity contribution in [2.45, 2.75) is 20.3 Å². The maximum absolute atomic E-state index is 12.0. The summed E-state index contributed by atoms with van der Waals surface area (Å²) in [5.74, 6) is 5.09. The molecule has 0 aliphatic heterocycles. The number of carbonyl (C=O) groups excluding carboxylic acids is 1. The van der Waals surface area contributed by atoms with Crippen LogP contribution in [0.5, 0.6) is 0 Å². The van der Waals surface area contributed by atoms with Gasteiger partial charge in [-0.3, -0.25) is 20.8 Å². The summed E-state index contributed by atoms with van der Waals surface area (Å²) < 4.78 is 0. The van der Waals surface area contributed by atoms with Crippen LogP contribution in [0.3, 0.4) is 0 Å². The number of benzene rings is 1. The number of nitrogens with zero attached hydrogens (tertiary/aromatic N) is 1. The molecule has 0 radical (unpaired) electrons. The van der Waals surface area contributed by atoms with Crippen LogP contribution in [0.4, 0.5) is 11.4 Å². The van der Waals surface area contributed by atoms with Crippen LogP contribution >= 0.6 is 0 Å². The highest BCUT2D eigenvalue weighted by Crippen LogP contribution is 2.22. The molecule has 19 heavy (non-hydrogen) atoms. The van der Waals surface area contributed by atoms with Crippen LogP contribution < -0.4 is 16.6 Å². The van der Waals surface area contributed by atoms with E-state index >= 15 is 0 Å². The van der Waals surface area contributed by atoms with Gasteiger partial charge in [-0.25, -0.2) is 0 Å². The first-order valence-corrected chi connectivity index (χ1v) is 6.02. The Labute approximate surface area is 111 Å². The summed E-state index contributed by atoms with van der Waals surface area (Å²) in [7, 11) is 0. The van der Waals surface area contributed by atoms with Crippen molar-refractivity contribution in [1.82, 2.24) is 5.32 Å². The van der Waals surface area contributed by atoms with Gasteiger partial charge in [0.2, 0.25) is 0 Å². The van der Waals surface area contributed by atoms with Gasteiger partial charge < -0.3 is 10.7 Å². The number of rotatable bonds is 6. The van der Waals surface area contributed by atoms with E-state index in [2.05, 4.69) is 10.7 Å². The Morgan fingerprint density at radius 3 is 2.74 bits per heavy atom. The molecule has 1 unspecified atom stereocenters. The predicted molar refractivity (Wildman–Crippen MR) is 72.7 cm³/mol. The van der Waals surface area contributed by atoms with Gasteiger partial charge >= 0.3 is 0 Å². The Morgan fingerprint density at radius 1 is 1.53 bits per heavy atom. The molecule has 0 spiro atoms. The first-order valence-electron chi connectivity index (χ1n) is 6.02. The minimum Gasteiger partial charge on any atom is -0.352 e. The van der Waals surface area contributed by atoms with Gasteiger partial charge in [-0.1, -0.05) is 20.3 Å². The maximum Gasteiger partial charge on any atom is 0.282 e. The van der Waals surface area contributed by atoms with E-state index in [9.17, 15) is 14.9 Å². The molecule has 0 saturated carbocycles. The van der Waals surface area contributed by atoms with Gasteiger partial charge in [0.1, 0.15) is 5.56 Å². The third kappa shape index (κ3) is 3.92. The van der Waals surface area contributed by atoms with Crippen LogP contribution in [0.25, 0.3) is 0 Å². The number of nitrogens with one attached hydrogen (secondary N) is 2. The molecule has 7 nitrogen and oxygen atoms in total. The lowest BCUT2D eigenvalue weighted by Gasteiger charge is -2.11. The molecule has 104 valence electrons. The number of carbonyl (C=O) groups is 1. The summed E-state index contributed by atoms with van der Waals surface area (Å²) in [4.78, 5) is 22.3. The molecule has 1 amide bonds. The Balaban J connectivity index is 2.95. The number of anilines is 1. The molecule has 1 aromatic carbocycles. The van der Waals surface area contributed by atoms with E-state index in [1.807, 2.05) is 13.8 Å². The average Bonchev–Trinajstić information content (AvgIpc) is 2.43. The molecule has 0 bridgehead atoms. The van der Waals surface area contributed by atoms with Crippen molar-refractivity contribution >= 4 is 17.3 Å². The van der Waals surface area contributed by atoms with E-state index in [4.69, 9.17) is 5.84 Å². The van der Waals surface area contributed by atoms with Crippen LogP contribution in [-0.4, -0.2) is 17.4 Å². The second kappa shape index (κ2) is 6.69. The van der Waals surface area contributed by atoms with E-state index in [0.717, 1.165) is 6.42 Å². The van der Waals surface area contributed by atoms with Crippen molar-refractivity contribution in [3.8, 4) is 0 Å². The van der Waals surface area contributed by atoms with Crippen LogP contribution in [0.15, 0.2) is 18.2 Å². The third-order valence-corrected chi connectivity index (χ3v) is 2.91. The molecule has 0 aliphatic rings. The smallest absolute Gasteiger partial charge is 0.282 e. The average molecular weight is 266 g/mol. The van der Waals surface area contributed by atoms with Crippen LogP contribution in [-0.2, 0) is 0 Å². The summed E-state index contributed by atoms with van der Waals surface area (Å²) in [5, 5.41) is 13.6. The summed E-state index contributed by atoms with van der Waals surface area (Å²) in [5.41, 5.74) is 2.57. The molecule has 0 heterocycles. The molecule has 4 N–H and O–H groups in total. The zero-order valence-electron chi connectivity index (χ0n) is 11.0. The minimum absolute atomic E-state index is 0.00348. The van der Waals surface area contributed by atoms with Crippen molar-refractivity contribution in [1.29, 1.82) is 0 Å². The number of nitro groups is 1. The van der Waals surface area contributed by atoms with Crippen molar-refractivity contribution in [3.63, 3.8) is 0 Å². The van der Waals surface area contributed by atoms with Gasteiger partial charge in [0.05, 0.1) is 4.92 Å². The molecule has 1 aromatic rings. The quantitative estimate of drug-likeness (QED) is 0.412. The van der Waals surface area contributed by atoms with Gasteiger partial charge in [-0.05, 0) is 18.1 Å². The Morgan fingerprint density at radius 2 is 2.21 bits per heavy atom. The Hall–Kier alpha value is -2.15. The topological polar surface area (TPSA) is 110 Å². The molecular weight excluding hydrogens is 248 g/mol. The molecule has 0 aliphatic carbocycles. The number of nitro benzene ring substituents is 1. The number of nitrogen functional groups attached to an aromatic ring is 1. The van der Waals surface area contributed by atoms with Gasteiger partial charge in [0, 0.05) is 18.3 Å². The lowest BCUT2D eigenvalue weighted by atomic mass is 10.1. The Kier molecular flexibility index (Phi) is 5.25. The lowest BCUT2D eigenvalue weighted by molar-refractivity contribution is -0.385. The fraction of sp³-hybridized carbons (Fsp3) is 0.417. The fourth-order valence-electron chi connectivity index (χ4n) is 1.47. The standard InChI is InChI=1S/C12H18N4O3/c1-3-8(2)7-14-12(17)10-6-9(15-13)4-5-11(10)16(18)19/h4-6,8,15H,3,7,13H2,1-2H3,(H,14,17). The number of hydrazine groups is 1. The molecule has 1 atom stereocenters. The second-order valence-electron chi connectivity index (χ2n) is 4.36. The summed E-state index contributed by atoms with van der Waals surface area (Å²) in [6, 6.07) is 4.07. The molecule has 7 heteroatoms. The minimum atomic E-state index is -0.585. The van der Waals surface area contributed by atoms with Crippen LogP contribution in [0.1, 0.15) is 30.6 Å². The van der Waals surface area contributed by atoms with Crippen molar-refractivity contribution in [2.75, 3.05) is 12.0 Å². The summed E-state index contributed by atoms with van der Waals surface area (Å²) in [6.07, 6.45) is 0.923. The van der Waals surface area contributed by atoms with Crippen molar-refractivity contribution in [3.05, 3.63) is 33.9 Å². The van der Waals surface area contributed by atoms with Crippen LogP contribution in [0, 0.1) is 16.0 Å². The van der Waals surface area contributed by atoms with E-state index < -0.39 is 10.8 Å². The first kappa shape index (κ1) is 14.9. The zero-order chi connectivity index (χ0) is 14.4. The van der Waals surface area contributed by atoms with Crippen molar-refractivity contribution < 1.29 is 9.72 Å². The zero-order valence-corrected chi connectivity index (χ0v) is 11.0. The van der Waals surface area contributed by atoms with Gasteiger partial charge in [-0.15, -0.1) is 0 Å². The highest BCUT2D eigenvalue weighted by atomic mass is 16.6. The third-order valence-electron chi connectivity index (χ3n) is 2.91. The molecule has 0 saturated heterocycles. The number of hydrogen-bond donors (Lipinski definition) is 3. The number of nitrogens with two attached hydrogens (primary N) is 1. The number of hydrogen-bond acceptors (Lipinski definition) is 5. The largest absolute Gasteiger partial charge is 0.352 e. The van der Waals surface area contributed by atoms with E-state index in [-0.39, 0.29) is 11.3 Å². The van der Waals surface area contributed by atoms with Crippen molar-refractivity contribution in [2.24, 2.45) is 11.8 Å².